The Morgan fingerprint density at radius 2 is 1.94 bits per heavy atom. The van der Waals surface area contributed by atoms with Crippen LogP contribution in [0.3, 0.4) is 0 Å². The number of para-hydroxylation sites is 2. The Labute approximate surface area is 182 Å². The molecule has 0 saturated carbocycles. The Bertz CT molecular complexity index is 1210. The molecule has 10 nitrogen and oxygen atoms in total. The van der Waals surface area contributed by atoms with Crippen LogP contribution >= 0.6 is 11.8 Å². The number of amides is 1. The number of hydrogen-bond donors (Lipinski definition) is 2. The van der Waals surface area contributed by atoms with E-state index in [0.29, 0.717) is 22.5 Å². The van der Waals surface area contributed by atoms with Crippen LogP contribution in [0.1, 0.15) is 0 Å². The van der Waals surface area contributed by atoms with Crippen LogP contribution < -0.4 is 14.8 Å². The molecule has 31 heavy (non-hydrogen) atoms. The normalized spacial score (nSPS) is 11.2. The number of rotatable bonds is 9. The van der Waals surface area contributed by atoms with Crippen molar-refractivity contribution in [2.24, 2.45) is 0 Å². The fourth-order valence-corrected chi connectivity index (χ4v) is 4.23. The third-order valence-electron chi connectivity index (χ3n) is 3.99. The zero-order valence-corrected chi connectivity index (χ0v) is 18.2. The van der Waals surface area contributed by atoms with Gasteiger partial charge in [-0.3, -0.25) is 14.3 Å². The van der Waals surface area contributed by atoms with Crippen LogP contribution in [0.4, 0.5) is 5.69 Å². The lowest BCUT2D eigenvalue weighted by molar-refractivity contribution is -0.140. The van der Waals surface area contributed by atoms with E-state index in [2.05, 4.69) is 19.8 Å². The standard InChI is InChI=1S/C19H19N3O7S2/c1-27-15-6-4-3-5-13(15)22-31(25,26)12-7-8-16-14(9-12)21-19(29-16)30-11-17(23)20-10-18(24)28-2/h3-9,22H,10-11H2,1-2H3,(H,20,23). The highest BCUT2D eigenvalue weighted by Gasteiger charge is 2.19. The minimum absolute atomic E-state index is 0.00780. The zero-order valence-electron chi connectivity index (χ0n) is 16.6. The third-order valence-corrected chi connectivity index (χ3v) is 6.18. The fraction of sp³-hybridized carbons (Fsp3) is 0.211. The molecule has 0 saturated heterocycles. The van der Waals surface area contributed by atoms with Gasteiger partial charge in [-0.05, 0) is 30.3 Å². The number of ether oxygens (including phenoxy) is 2. The number of carbonyl (C=O) groups excluding carboxylic acids is 2. The van der Waals surface area contributed by atoms with E-state index in [-0.39, 0.29) is 22.4 Å². The lowest BCUT2D eigenvalue weighted by atomic mass is 10.3. The molecule has 0 unspecified atom stereocenters. The van der Waals surface area contributed by atoms with Crippen LogP contribution in [0.5, 0.6) is 5.75 Å². The van der Waals surface area contributed by atoms with Crippen molar-refractivity contribution in [2.45, 2.75) is 10.1 Å². The van der Waals surface area contributed by atoms with Crippen molar-refractivity contribution in [3.8, 4) is 5.75 Å². The second-order valence-corrected chi connectivity index (χ2v) is 8.67. The van der Waals surface area contributed by atoms with E-state index >= 15 is 0 Å². The molecular formula is C19H19N3O7S2. The van der Waals surface area contributed by atoms with Crippen molar-refractivity contribution in [3.63, 3.8) is 0 Å². The Balaban J connectivity index is 1.71. The predicted molar refractivity (Wildman–Crippen MR) is 114 cm³/mol. The van der Waals surface area contributed by atoms with Gasteiger partial charge in [-0.1, -0.05) is 23.9 Å². The summed E-state index contributed by atoms with van der Waals surface area (Å²) >= 11 is 1.01. The zero-order chi connectivity index (χ0) is 22.4. The largest absolute Gasteiger partial charge is 0.495 e. The summed E-state index contributed by atoms with van der Waals surface area (Å²) < 4.78 is 43.2. The summed E-state index contributed by atoms with van der Waals surface area (Å²) in [5, 5.41) is 2.59. The van der Waals surface area contributed by atoms with Crippen LogP contribution in [-0.4, -0.2) is 51.8 Å². The van der Waals surface area contributed by atoms with Crippen LogP contribution in [0.15, 0.2) is 57.0 Å². The van der Waals surface area contributed by atoms with Gasteiger partial charge in [0.1, 0.15) is 17.8 Å². The Kier molecular flexibility index (Phi) is 7.02. The summed E-state index contributed by atoms with van der Waals surface area (Å²) in [6.45, 7) is -0.232. The monoisotopic (exact) mass is 465 g/mol. The first kappa shape index (κ1) is 22.4. The molecule has 0 fully saturated rings. The molecule has 1 aromatic heterocycles. The fourth-order valence-electron chi connectivity index (χ4n) is 2.47. The van der Waals surface area contributed by atoms with Gasteiger partial charge in [-0.15, -0.1) is 0 Å². The van der Waals surface area contributed by atoms with E-state index in [1.807, 2.05) is 0 Å². The lowest BCUT2D eigenvalue weighted by Crippen LogP contribution is -2.31. The molecule has 1 heterocycles. The number of aromatic nitrogens is 1. The average Bonchev–Trinajstić information content (AvgIpc) is 3.18. The van der Waals surface area contributed by atoms with Crippen LogP contribution in [0.2, 0.25) is 0 Å². The number of benzene rings is 2. The summed E-state index contributed by atoms with van der Waals surface area (Å²) in [4.78, 5) is 27.0. The van der Waals surface area contributed by atoms with Gasteiger partial charge in [0.15, 0.2) is 5.58 Å². The number of fused-ring (bicyclic) bond motifs is 1. The molecule has 2 aromatic carbocycles. The Morgan fingerprint density at radius 3 is 2.68 bits per heavy atom. The van der Waals surface area contributed by atoms with E-state index in [9.17, 15) is 18.0 Å². The van der Waals surface area contributed by atoms with E-state index in [4.69, 9.17) is 9.15 Å². The summed E-state index contributed by atoms with van der Waals surface area (Å²) in [5.74, 6) is -0.611. The Hall–Kier alpha value is -3.25. The molecule has 164 valence electrons. The highest BCUT2D eigenvalue weighted by atomic mass is 32.2. The molecule has 0 radical (unpaired) electrons. The van der Waals surface area contributed by atoms with E-state index in [0.717, 1.165) is 11.8 Å². The van der Waals surface area contributed by atoms with Crippen LogP contribution in [0, 0.1) is 0 Å². The van der Waals surface area contributed by atoms with E-state index < -0.39 is 21.9 Å². The maximum Gasteiger partial charge on any atom is 0.325 e. The van der Waals surface area contributed by atoms with Gasteiger partial charge < -0.3 is 19.2 Å². The quantitative estimate of drug-likeness (QED) is 0.359. The SMILES string of the molecule is COC(=O)CNC(=O)CSc1nc2cc(S(=O)(=O)Nc3ccccc3OC)ccc2o1. The molecule has 0 aliphatic heterocycles. The molecule has 1 amide bonds. The van der Waals surface area contributed by atoms with Crippen molar-refractivity contribution < 1.29 is 31.9 Å². The van der Waals surface area contributed by atoms with Gasteiger partial charge in [-0.25, -0.2) is 13.4 Å². The van der Waals surface area contributed by atoms with Crippen molar-refractivity contribution in [2.75, 3.05) is 31.2 Å². The number of thioether (sulfide) groups is 1. The minimum atomic E-state index is -3.90. The molecule has 0 spiro atoms. The number of oxazole rings is 1. The number of hydrogen-bond acceptors (Lipinski definition) is 9. The minimum Gasteiger partial charge on any atom is -0.495 e. The second-order valence-electron chi connectivity index (χ2n) is 6.06. The number of sulfonamides is 1. The van der Waals surface area contributed by atoms with Crippen LogP contribution in [0.25, 0.3) is 11.1 Å². The van der Waals surface area contributed by atoms with Gasteiger partial charge in [-0.2, -0.15) is 0 Å². The van der Waals surface area contributed by atoms with Crippen molar-refractivity contribution in [3.05, 3.63) is 42.5 Å². The van der Waals surface area contributed by atoms with Gasteiger partial charge in [0, 0.05) is 0 Å². The van der Waals surface area contributed by atoms with Gasteiger partial charge in [0.25, 0.3) is 15.2 Å². The molecule has 0 aliphatic carbocycles. The molecule has 0 bridgehead atoms. The smallest absolute Gasteiger partial charge is 0.325 e. The number of nitrogens with zero attached hydrogens (tertiary/aromatic N) is 1. The van der Waals surface area contributed by atoms with Crippen molar-refractivity contribution >= 4 is 50.4 Å². The first-order valence-electron chi connectivity index (χ1n) is 8.85. The molecule has 2 N–H and O–H groups in total. The first-order chi connectivity index (χ1) is 14.8. The van der Waals surface area contributed by atoms with Crippen molar-refractivity contribution in [1.29, 1.82) is 0 Å². The van der Waals surface area contributed by atoms with Gasteiger partial charge in [0.2, 0.25) is 5.91 Å². The molecule has 12 heteroatoms. The van der Waals surface area contributed by atoms with Gasteiger partial charge in [0.05, 0.1) is 30.6 Å². The first-order valence-corrected chi connectivity index (χ1v) is 11.3. The molecule has 0 atom stereocenters. The molecule has 0 aliphatic rings. The summed E-state index contributed by atoms with van der Waals surface area (Å²) in [6.07, 6.45) is 0. The third kappa shape index (κ3) is 5.67. The summed E-state index contributed by atoms with van der Waals surface area (Å²) in [5.41, 5.74) is 0.994. The highest BCUT2D eigenvalue weighted by molar-refractivity contribution is 7.99. The maximum absolute atomic E-state index is 12.8. The van der Waals surface area contributed by atoms with Gasteiger partial charge >= 0.3 is 5.97 Å². The number of nitrogens with one attached hydrogen (secondary N) is 2. The summed E-state index contributed by atoms with van der Waals surface area (Å²) in [6, 6.07) is 10.9. The molecular weight excluding hydrogens is 446 g/mol. The van der Waals surface area contributed by atoms with E-state index in [1.165, 1.54) is 32.4 Å². The lowest BCUT2D eigenvalue weighted by Gasteiger charge is -2.11. The number of carbonyl (C=O) groups is 2. The summed E-state index contributed by atoms with van der Waals surface area (Å²) in [7, 11) is -1.23. The second kappa shape index (κ2) is 9.71. The molecule has 3 rings (SSSR count). The maximum atomic E-state index is 12.8. The highest BCUT2D eigenvalue weighted by Crippen LogP contribution is 2.28. The number of anilines is 1. The van der Waals surface area contributed by atoms with E-state index in [1.54, 1.807) is 24.3 Å². The average molecular weight is 466 g/mol. The van der Waals surface area contributed by atoms with Crippen molar-refractivity contribution in [1.82, 2.24) is 10.3 Å². The topological polar surface area (TPSA) is 137 Å². The number of methoxy groups -OCH3 is 2. The molecule has 3 aromatic rings. The van der Waals surface area contributed by atoms with Crippen LogP contribution in [-0.2, 0) is 24.3 Å². The Morgan fingerprint density at radius 1 is 1.16 bits per heavy atom. The predicted octanol–water partition coefficient (Wildman–Crippen LogP) is 2.02. The number of esters is 1.